The van der Waals surface area contributed by atoms with Crippen LogP contribution in [-0.2, 0) is 4.79 Å². The quantitative estimate of drug-likeness (QED) is 0.577. The van der Waals surface area contributed by atoms with Crippen molar-refractivity contribution in [1.82, 2.24) is 4.98 Å². The third-order valence-electron chi connectivity index (χ3n) is 5.69. The second-order valence-corrected chi connectivity index (χ2v) is 7.94. The van der Waals surface area contributed by atoms with E-state index in [1.165, 1.54) is 0 Å². The molecule has 29 heavy (non-hydrogen) atoms. The van der Waals surface area contributed by atoms with E-state index in [4.69, 9.17) is 11.6 Å². The number of ketones is 1. The van der Waals surface area contributed by atoms with Crippen molar-refractivity contribution in [3.05, 3.63) is 100 Å². The van der Waals surface area contributed by atoms with E-state index < -0.39 is 0 Å². The van der Waals surface area contributed by atoms with Crippen molar-refractivity contribution >= 4 is 28.8 Å². The number of hydrogen-bond acceptors (Lipinski definition) is 4. The summed E-state index contributed by atoms with van der Waals surface area (Å²) in [7, 11) is 0. The van der Waals surface area contributed by atoms with Crippen molar-refractivity contribution in [2.45, 2.75) is 24.8 Å². The molecule has 4 nitrogen and oxygen atoms in total. The van der Waals surface area contributed by atoms with Gasteiger partial charge in [-0.15, -0.1) is 0 Å². The first-order valence-electron chi connectivity index (χ1n) is 9.73. The van der Waals surface area contributed by atoms with Crippen LogP contribution in [-0.4, -0.2) is 10.8 Å². The molecule has 1 aliphatic carbocycles. The number of rotatable bonds is 2. The monoisotopic (exact) mass is 401 g/mol. The van der Waals surface area contributed by atoms with Gasteiger partial charge >= 0.3 is 0 Å². The minimum Gasteiger partial charge on any atom is -0.372 e. The second-order valence-electron chi connectivity index (χ2n) is 7.50. The number of benzene rings is 2. The summed E-state index contributed by atoms with van der Waals surface area (Å²) in [6.07, 6.45) is 4.80. The zero-order chi connectivity index (χ0) is 19.8. The lowest BCUT2D eigenvalue weighted by Gasteiger charge is -2.30. The van der Waals surface area contributed by atoms with E-state index in [0.29, 0.717) is 11.4 Å². The highest BCUT2D eigenvalue weighted by Crippen LogP contribution is 2.44. The van der Waals surface area contributed by atoms with Gasteiger partial charge in [0.05, 0.1) is 17.4 Å². The Morgan fingerprint density at radius 2 is 1.59 bits per heavy atom. The van der Waals surface area contributed by atoms with Crippen molar-refractivity contribution in [1.29, 1.82) is 0 Å². The van der Waals surface area contributed by atoms with E-state index in [2.05, 4.69) is 15.6 Å². The lowest BCUT2D eigenvalue weighted by atomic mass is 9.78. The van der Waals surface area contributed by atoms with Crippen LogP contribution < -0.4 is 10.6 Å². The third kappa shape index (κ3) is 3.40. The number of nitrogens with one attached hydrogen (secondary N) is 2. The highest BCUT2D eigenvalue weighted by Gasteiger charge is 2.35. The predicted octanol–water partition coefficient (Wildman–Crippen LogP) is 5.71. The summed E-state index contributed by atoms with van der Waals surface area (Å²) in [5.74, 6) is 0.301. The molecule has 0 bridgehead atoms. The van der Waals surface area contributed by atoms with Crippen LogP contribution in [0.2, 0.25) is 5.02 Å². The average Bonchev–Trinajstić information content (AvgIpc) is 2.92. The lowest BCUT2D eigenvalue weighted by Crippen LogP contribution is -2.26. The van der Waals surface area contributed by atoms with Crippen molar-refractivity contribution in [3.8, 4) is 0 Å². The van der Waals surface area contributed by atoms with Crippen LogP contribution in [0.15, 0.2) is 84.3 Å². The molecule has 0 saturated heterocycles. The number of pyridine rings is 1. The molecular formula is C24H20ClN3O. The summed E-state index contributed by atoms with van der Waals surface area (Å²) in [4.78, 5) is 17.5. The predicted molar refractivity (Wildman–Crippen MR) is 116 cm³/mol. The zero-order valence-corrected chi connectivity index (χ0v) is 16.5. The molecule has 1 aromatic heterocycles. The molecule has 0 unspecified atom stereocenters. The zero-order valence-electron chi connectivity index (χ0n) is 15.7. The molecule has 0 amide bonds. The summed E-state index contributed by atoms with van der Waals surface area (Å²) in [6.45, 7) is 0. The van der Waals surface area contributed by atoms with Crippen molar-refractivity contribution in [2.24, 2.45) is 0 Å². The summed E-state index contributed by atoms with van der Waals surface area (Å²) >= 11 is 6.05. The first kappa shape index (κ1) is 18.0. The number of halogens is 1. The van der Waals surface area contributed by atoms with Crippen LogP contribution in [0.3, 0.4) is 0 Å². The van der Waals surface area contributed by atoms with E-state index in [-0.39, 0.29) is 17.7 Å². The number of nitrogens with zero attached hydrogens (tertiary/aromatic N) is 1. The second kappa shape index (κ2) is 7.37. The van der Waals surface area contributed by atoms with Gasteiger partial charge in [0.25, 0.3) is 0 Å². The van der Waals surface area contributed by atoms with Gasteiger partial charge in [0.15, 0.2) is 5.78 Å². The molecule has 3 aromatic rings. The molecule has 0 fully saturated rings. The van der Waals surface area contributed by atoms with Gasteiger partial charge in [0, 0.05) is 35.1 Å². The van der Waals surface area contributed by atoms with E-state index in [9.17, 15) is 4.79 Å². The highest BCUT2D eigenvalue weighted by atomic mass is 35.5. The molecule has 1 aliphatic heterocycles. The maximum Gasteiger partial charge on any atom is 0.163 e. The molecule has 144 valence electrons. The molecule has 2 aromatic carbocycles. The van der Waals surface area contributed by atoms with Crippen LogP contribution >= 0.6 is 11.6 Å². The number of allylic oxidation sites excluding steroid dienone is 1. The fraction of sp³-hybridized carbons (Fsp3) is 0.167. The Labute approximate surface area is 174 Å². The number of fused-ring (bicyclic) bond motifs is 1. The smallest absolute Gasteiger partial charge is 0.163 e. The number of anilines is 2. The molecule has 2 aliphatic rings. The van der Waals surface area contributed by atoms with Gasteiger partial charge in [-0.1, -0.05) is 35.9 Å². The van der Waals surface area contributed by atoms with Crippen molar-refractivity contribution < 1.29 is 4.79 Å². The molecule has 2 heterocycles. The fourth-order valence-electron chi connectivity index (χ4n) is 4.27. The SMILES string of the molecule is O=C1C[C@@H](c2ccc(Cl)cc2)CC2=C1[C@H](c1ccncc1)Nc1ccccc1N2. The summed E-state index contributed by atoms with van der Waals surface area (Å²) in [6, 6.07) is 19.6. The highest BCUT2D eigenvalue weighted by molar-refractivity contribution is 6.30. The van der Waals surface area contributed by atoms with Crippen molar-refractivity contribution in [3.63, 3.8) is 0 Å². The lowest BCUT2D eigenvalue weighted by molar-refractivity contribution is -0.116. The Morgan fingerprint density at radius 3 is 2.34 bits per heavy atom. The van der Waals surface area contributed by atoms with Gasteiger partial charge in [-0.2, -0.15) is 0 Å². The van der Waals surface area contributed by atoms with Crippen LogP contribution in [0.5, 0.6) is 0 Å². The Balaban J connectivity index is 1.60. The molecule has 0 spiro atoms. The number of Topliss-reactive ketones (excluding diaryl/α,β-unsaturated/α-hetero) is 1. The van der Waals surface area contributed by atoms with Gasteiger partial charge in [0.2, 0.25) is 0 Å². The van der Waals surface area contributed by atoms with Crippen LogP contribution in [0.4, 0.5) is 11.4 Å². The van der Waals surface area contributed by atoms with Gasteiger partial charge in [-0.05, 0) is 59.9 Å². The number of carbonyl (C=O) groups excluding carboxylic acids is 1. The van der Waals surface area contributed by atoms with Crippen molar-refractivity contribution in [2.75, 3.05) is 10.6 Å². The van der Waals surface area contributed by atoms with Gasteiger partial charge in [-0.3, -0.25) is 9.78 Å². The number of aromatic nitrogens is 1. The van der Waals surface area contributed by atoms with Gasteiger partial charge in [-0.25, -0.2) is 0 Å². The maximum absolute atomic E-state index is 13.4. The molecule has 2 atom stereocenters. The number of para-hydroxylation sites is 2. The fourth-order valence-corrected chi connectivity index (χ4v) is 4.39. The minimum absolute atomic E-state index is 0.134. The largest absolute Gasteiger partial charge is 0.372 e. The standard InChI is InChI=1S/C24H20ClN3O/c25-18-7-5-15(6-8-18)17-13-21-23(22(29)14-17)24(16-9-11-26-12-10-16)28-20-4-2-1-3-19(20)27-21/h1-12,17,24,27-28H,13-14H2/t17-,24-/m0/s1. The van der Waals surface area contributed by atoms with E-state index in [1.54, 1.807) is 12.4 Å². The topological polar surface area (TPSA) is 54.0 Å². The summed E-state index contributed by atoms with van der Waals surface area (Å²) in [5, 5.41) is 7.85. The first-order chi connectivity index (χ1) is 14.2. The number of hydrogen-bond donors (Lipinski definition) is 2. The summed E-state index contributed by atoms with van der Waals surface area (Å²) in [5.41, 5.74) is 5.95. The van der Waals surface area contributed by atoms with Gasteiger partial charge in [0.1, 0.15) is 0 Å². The molecule has 0 saturated carbocycles. The Hall–Kier alpha value is -3.11. The van der Waals surface area contributed by atoms with E-state index in [0.717, 1.165) is 40.2 Å². The molecular weight excluding hydrogens is 382 g/mol. The molecule has 5 heteroatoms. The van der Waals surface area contributed by atoms with E-state index in [1.807, 2.05) is 60.7 Å². The van der Waals surface area contributed by atoms with E-state index >= 15 is 0 Å². The Morgan fingerprint density at radius 1 is 0.862 bits per heavy atom. The maximum atomic E-state index is 13.4. The third-order valence-corrected chi connectivity index (χ3v) is 5.94. The normalized spacial score (nSPS) is 20.8. The first-order valence-corrected chi connectivity index (χ1v) is 10.1. The van der Waals surface area contributed by atoms with Crippen LogP contribution in [0.25, 0.3) is 0 Å². The Bertz CT molecular complexity index is 1090. The molecule has 5 rings (SSSR count). The minimum atomic E-state index is -0.206. The average molecular weight is 402 g/mol. The summed E-state index contributed by atoms with van der Waals surface area (Å²) < 4.78 is 0. The van der Waals surface area contributed by atoms with Crippen LogP contribution in [0.1, 0.15) is 35.9 Å². The molecule has 2 N–H and O–H groups in total. The van der Waals surface area contributed by atoms with Gasteiger partial charge < -0.3 is 10.6 Å². The number of carbonyl (C=O) groups is 1. The van der Waals surface area contributed by atoms with Crippen LogP contribution in [0, 0.1) is 0 Å². The molecule has 0 radical (unpaired) electrons. The Kier molecular flexibility index (Phi) is 4.57.